The summed E-state index contributed by atoms with van der Waals surface area (Å²) >= 11 is 0. The van der Waals surface area contributed by atoms with Crippen LogP contribution < -0.4 is 15.4 Å². The lowest BCUT2D eigenvalue weighted by molar-refractivity contribution is -0.137. The van der Waals surface area contributed by atoms with Gasteiger partial charge in [-0.1, -0.05) is 36.4 Å². The summed E-state index contributed by atoms with van der Waals surface area (Å²) in [5.41, 5.74) is 1.08. The third kappa shape index (κ3) is 5.72. The van der Waals surface area contributed by atoms with E-state index in [1.165, 1.54) is 24.3 Å². The number of para-hydroxylation sites is 1. The van der Waals surface area contributed by atoms with Gasteiger partial charge in [-0.3, -0.25) is 10.1 Å². The number of amides is 2. The van der Waals surface area contributed by atoms with Crippen molar-refractivity contribution in [3.05, 3.63) is 89.5 Å². The van der Waals surface area contributed by atoms with Crippen LogP contribution in [0.5, 0.6) is 11.5 Å². The van der Waals surface area contributed by atoms with Crippen LogP contribution in [0.4, 0.5) is 19.3 Å². The number of carboxylic acid groups (broad SMARTS) is 1. The molecule has 2 amide bonds. The molecule has 0 aromatic heterocycles. The second kappa shape index (κ2) is 10.2. The van der Waals surface area contributed by atoms with Crippen molar-refractivity contribution in [2.24, 2.45) is 0 Å². The maximum absolute atomic E-state index is 14.7. The van der Waals surface area contributed by atoms with Gasteiger partial charge in [0.1, 0.15) is 11.8 Å². The molecule has 2 unspecified atom stereocenters. The topological polar surface area (TPSA) is 114 Å². The van der Waals surface area contributed by atoms with Gasteiger partial charge in [0.25, 0.3) is 5.91 Å². The van der Waals surface area contributed by atoms with Crippen molar-refractivity contribution >= 4 is 23.7 Å². The molecule has 0 radical (unpaired) electrons. The number of ether oxygens (including phenoxy) is 2. The first-order valence-electron chi connectivity index (χ1n) is 10.6. The van der Waals surface area contributed by atoms with Crippen LogP contribution in [0.2, 0.25) is 0 Å². The monoisotopic (exact) mass is 482 g/mol. The van der Waals surface area contributed by atoms with Gasteiger partial charge in [-0.25, -0.2) is 14.0 Å². The lowest BCUT2D eigenvalue weighted by Crippen LogP contribution is -2.31. The first kappa shape index (κ1) is 23.7. The Morgan fingerprint density at radius 2 is 1.74 bits per heavy atom. The van der Waals surface area contributed by atoms with Crippen LogP contribution in [0.25, 0.3) is 0 Å². The average Bonchev–Trinajstić information content (AvgIpc) is 3.16. The summed E-state index contributed by atoms with van der Waals surface area (Å²) in [6.07, 6.45) is -1.87. The van der Waals surface area contributed by atoms with Crippen molar-refractivity contribution in [2.75, 3.05) is 5.32 Å². The number of alkyl carbamates (subject to hydrolysis) is 1. The average molecular weight is 482 g/mol. The number of halogens is 2. The lowest BCUT2D eigenvalue weighted by atomic mass is 10.0. The van der Waals surface area contributed by atoms with Crippen LogP contribution in [-0.4, -0.2) is 35.2 Å². The summed E-state index contributed by atoms with van der Waals surface area (Å²) in [5.74, 6) is -4.34. The Kier molecular flexibility index (Phi) is 6.91. The van der Waals surface area contributed by atoms with Crippen LogP contribution in [0, 0.1) is 11.6 Å². The smallest absolute Gasteiger partial charge is 0.414 e. The molecule has 4 rings (SSSR count). The highest BCUT2D eigenvalue weighted by atomic mass is 19.2. The van der Waals surface area contributed by atoms with E-state index >= 15 is 0 Å². The molecular formula is C25H20F2N2O6. The number of hydrogen-bond donors (Lipinski definition) is 3. The van der Waals surface area contributed by atoms with Crippen LogP contribution in [0.15, 0.2) is 66.7 Å². The molecule has 1 aliphatic rings. The molecule has 0 spiro atoms. The number of carbonyl (C=O) groups is 3. The normalized spacial score (nSPS) is 15.8. The molecule has 180 valence electrons. The van der Waals surface area contributed by atoms with Crippen molar-refractivity contribution in [3.8, 4) is 11.5 Å². The van der Waals surface area contributed by atoms with E-state index in [2.05, 4.69) is 5.32 Å². The fourth-order valence-corrected chi connectivity index (χ4v) is 3.53. The van der Waals surface area contributed by atoms with Crippen molar-refractivity contribution in [3.63, 3.8) is 0 Å². The van der Waals surface area contributed by atoms with Crippen molar-refractivity contribution in [2.45, 2.75) is 25.0 Å². The lowest BCUT2D eigenvalue weighted by Gasteiger charge is -2.17. The van der Waals surface area contributed by atoms with E-state index < -0.39 is 41.7 Å². The van der Waals surface area contributed by atoms with Crippen LogP contribution >= 0.6 is 0 Å². The highest BCUT2D eigenvalue weighted by Gasteiger charge is 2.32. The highest BCUT2D eigenvalue weighted by Crippen LogP contribution is 2.29. The standard InChI is InChI=1S/C25H20F2N2O6/c26-21-15(13-18(24(31)32)28-16-4-2-1-3-5-16)8-11-19(22(21)27)34-17-9-6-14(7-10-17)12-20-23(30)29-25(33)35-20/h1-11,18,20,28H,12-13H2,(H,31,32)(H,29,30,33). The number of cyclic esters (lactones) is 1. The fraction of sp³-hybridized carbons (Fsp3) is 0.160. The number of carboxylic acids is 1. The zero-order valence-electron chi connectivity index (χ0n) is 18.2. The Bertz CT molecular complexity index is 1250. The molecule has 0 saturated carbocycles. The number of aliphatic carboxylic acids is 1. The highest BCUT2D eigenvalue weighted by molar-refractivity contribution is 6.00. The van der Waals surface area contributed by atoms with Gasteiger partial charge >= 0.3 is 12.1 Å². The molecule has 2 atom stereocenters. The molecule has 1 aliphatic heterocycles. The zero-order valence-corrected chi connectivity index (χ0v) is 18.2. The first-order chi connectivity index (χ1) is 16.8. The summed E-state index contributed by atoms with van der Waals surface area (Å²) < 4.78 is 39.7. The van der Waals surface area contributed by atoms with Crippen LogP contribution in [0.1, 0.15) is 11.1 Å². The van der Waals surface area contributed by atoms with Gasteiger partial charge in [0.2, 0.25) is 5.82 Å². The molecule has 0 bridgehead atoms. The number of anilines is 1. The Balaban J connectivity index is 1.43. The number of imide groups is 1. The van der Waals surface area contributed by atoms with Gasteiger partial charge in [0.15, 0.2) is 17.7 Å². The predicted molar refractivity (Wildman–Crippen MR) is 120 cm³/mol. The number of benzene rings is 3. The Morgan fingerprint density at radius 3 is 2.37 bits per heavy atom. The summed E-state index contributed by atoms with van der Waals surface area (Å²) in [6, 6.07) is 16.1. The number of rotatable bonds is 9. The quantitative estimate of drug-likeness (QED) is 0.422. The minimum atomic E-state index is -1.25. The maximum Gasteiger partial charge on any atom is 0.414 e. The zero-order chi connectivity index (χ0) is 24.9. The summed E-state index contributed by atoms with van der Waals surface area (Å²) in [7, 11) is 0. The molecule has 3 aromatic rings. The second-order valence-corrected chi connectivity index (χ2v) is 7.79. The predicted octanol–water partition coefficient (Wildman–Crippen LogP) is 4.04. The Hall–Kier alpha value is -4.47. The van der Waals surface area contributed by atoms with Gasteiger partial charge in [-0.05, 0) is 41.5 Å². The molecule has 35 heavy (non-hydrogen) atoms. The van der Waals surface area contributed by atoms with E-state index in [-0.39, 0.29) is 29.9 Å². The van der Waals surface area contributed by atoms with Crippen LogP contribution in [0.3, 0.4) is 0 Å². The molecule has 1 heterocycles. The molecule has 3 N–H and O–H groups in total. The van der Waals surface area contributed by atoms with Crippen molar-refractivity contribution < 1.29 is 37.7 Å². The number of hydrogen-bond acceptors (Lipinski definition) is 6. The Labute approximate surface area is 198 Å². The van der Waals surface area contributed by atoms with Crippen molar-refractivity contribution in [1.82, 2.24) is 5.32 Å². The molecular weight excluding hydrogens is 462 g/mol. The molecule has 10 heteroatoms. The molecule has 1 saturated heterocycles. The van der Waals surface area contributed by atoms with E-state index in [1.807, 2.05) is 5.32 Å². The largest absolute Gasteiger partial charge is 0.480 e. The number of carbonyl (C=O) groups excluding carboxylic acids is 2. The van der Waals surface area contributed by atoms with E-state index in [9.17, 15) is 28.3 Å². The van der Waals surface area contributed by atoms with Gasteiger partial charge in [0.05, 0.1) is 0 Å². The molecule has 0 aliphatic carbocycles. The maximum atomic E-state index is 14.7. The van der Waals surface area contributed by atoms with Gasteiger partial charge < -0.3 is 19.9 Å². The molecule has 8 nitrogen and oxygen atoms in total. The number of nitrogens with one attached hydrogen (secondary N) is 2. The third-order valence-corrected chi connectivity index (χ3v) is 5.30. The summed E-state index contributed by atoms with van der Waals surface area (Å²) in [4.78, 5) is 34.3. The first-order valence-corrected chi connectivity index (χ1v) is 10.6. The van der Waals surface area contributed by atoms with Gasteiger partial charge in [-0.2, -0.15) is 4.39 Å². The third-order valence-electron chi connectivity index (χ3n) is 5.30. The summed E-state index contributed by atoms with van der Waals surface area (Å²) in [5, 5.41) is 14.3. The minimum absolute atomic E-state index is 0.120. The van der Waals surface area contributed by atoms with E-state index in [0.29, 0.717) is 11.3 Å². The SMILES string of the molecule is O=C1NC(=O)C(Cc2ccc(Oc3ccc(CC(Nc4ccccc4)C(=O)O)c(F)c3F)cc2)O1. The fourth-order valence-electron chi connectivity index (χ4n) is 3.53. The van der Waals surface area contributed by atoms with Crippen molar-refractivity contribution in [1.29, 1.82) is 0 Å². The summed E-state index contributed by atoms with van der Waals surface area (Å²) in [6.45, 7) is 0. The van der Waals surface area contributed by atoms with E-state index in [4.69, 9.17) is 9.47 Å². The second-order valence-electron chi connectivity index (χ2n) is 7.79. The van der Waals surface area contributed by atoms with E-state index in [1.54, 1.807) is 42.5 Å². The van der Waals surface area contributed by atoms with Gasteiger partial charge in [0, 0.05) is 18.5 Å². The van der Waals surface area contributed by atoms with Crippen LogP contribution in [-0.2, 0) is 27.2 Å². The Morgan fingerprint density at radius 1 is 1.03 bits per heavy atom. The minimum Gasteiger partial charge on any atom is -0.480 e. The molecule has 1 fully saturated rings. The molecule has 3 aromatic carbocycles. The van der Waals surface area contributed by atoms with E-state index in [0.717, 1.165) is 0 Å². The van der Waals surface area contributed by atoms with Gasteiger partial charge in [-0.15, -0.1) is 0 Å².